The Balaban J connectivity index is 1.73. The van der Waals surface area contributed by atoms with Gasteiger partial charge in [-0.2, -0.15) is 0 Å². The van der Waals surface area contributed by atoms with Crippen LogP contribution in [-0.4, -0.2) is 43.8 Å². The molecule has 118 valence electrons. The molecule has 0 spiro atoms. The fourth-order valence-corrected chi connectivity index (χ4v) is 4.62. The molecular weight excluding hydrogens is 304 g/mol. The Morgan fingerprint density at radius 3 is 2.45 bits per heavy atom. The van der Waals surface area contributed by atoms with E-state index in [4.69, 9.17) is 0 Å². The van der Waals surface area contributed by atoms with E-state index >= 15 is 0 Å². The van der Waals surface area contributed by atoms with E-state index in [2.05, 4.69) is 5.32 Å². The smallest absolute Gasteiger partial charge is 0.251 e. The van der Waals surface area contributed by atoms with Crippen molar-refractivity contribution in [1.29, 1.82) is 0 Å². The third-order valence-electron chi connectivity index (χ3n) is 4.11. The summed E-state index contributed by atoms with van der Waals surface area (Å²) in [6, 6.07) is 6.30. The lowest BCUT2D eigenvalue weighted by Crippen LogP contribution is -2.44. The maximum atomic E-state index is 12.4. The minimum absolute atomic E-state index is 0.0372. The van der Waals surface area contributed by atoms with Crippen molar-refractivity contribution in [2.24, 2.45) is 0 Å². The number of rotatable bonds is 3. The second kappa shape index (κ2) is 5.48. The molecular formula is C15H18N2O4S. The Hall–Kier alpha value is -1.73. The third kappa shape index (κ3) is 2.91. The molecule has 3 rings (SSSR count). The van der Waals surface area contributed by atoms with Crippen molar-refractivity contribution in [1.82, 2.24) is 5.32 Å². The standard InChI is InChI=1S/C15H18N2O4S/c1-10-2-4-12(5-3-10)17-14(18)8-13(15(17)19)16-11-6-7-22(20,21)9-11/h2-5,11,13,16H,6-9H2,1H3/t11-,13+/m0/s1. The number of hydrogen-bond acceptors (Lipinski definition) is 5. The molecule has 0 aliphatic carbocycles. The van der Waals surface area contributed by atoms with E-state index in [1.54, 1.807) is 12.1 Å². The SMILES string of the molecule is Cc1ccc(N2C(=O)C[C@@H](N[C@H]3CCS(=O)(=O)C3)C2=O)cc1. The van der Waals surface area contributed by atoms with Gasteiger partial charge < -0.3 is 5.32 Å². The number of carbonyl (C=O) groups excluding carboxylic acids is 2. The summed E-state index contributed by atoms with van der Waals surface area (Å²) in [5, 5.41) is 3.03. The molecule has 22 heavy (non-hydrogen) atoms. The minimum Gasteiger partial charge on any atom is -0.302 e. The van der Waals surface area contributed by atoms with Gasteiger partial charge in [0.1, 0.15) is 0 Å². The van der Waals surface area contributed by atoms with Crippen LogP contribution in [0.5, 0.6) is 0 Å². The monoisotopic (exact) mass is 322 g/mol. The molecule has 2 amide bonds. The summed E-state index contributed by atoms with van der Waals surface area (Å²) in [5.74, 6) is -0.387. The van der Waals surface area contributed by atoms with E-state index in [0.29, 0.717) is 12.1 Å². The molecule has 2 heterocycles. The summed E-state index contributed by atoms with van der Waals surface area (Å²) >= 11 is 0. The minimum atomic E-state index is -3.01. The molecule has 2 atom stereocenters. The molecule has 2 saturated heterocycles. The van der Waals surface area contributed by atoms with Gasteiger partial charge in [-0.05, 0) is 25.5 Å². The van der Waals surface area contributed by atoms with Crippen molar-refractivity contribution in [2.75, 3.05) is 16.4 Å². The summed E-state index contributed by atoms with van der Waals surface area (Å²) in [4.78, 5) is 25.8. The first-order valence-corrected chi connectivity index (χ1v) is 9.08. The van der Waals surface area contributed by atoms with E-state index in [0.717, 1.165) is 5.56 Å². The lowest BCUT2D eigenvalue weighted by Gasteiger charge is -2.18. The number of imide groups is 1. The van der Waals surface area contributed by atoms with Crippen LogP contribution >= 0.6 is 0 Å². The van der Waals surface area contributed by atoms with E-state index in [9.17, 15) is 18.0 Å². The largest absolute Gasteiger partial charge is 0.302 e. The van der Waals surface area contributed by atoms with Gasteiger partial charge in [0.25, 0.3) is 5.91 Å². The fraction of sp³-hybridized carbons (Fsp3) is 0.467. The van der Waals surface area contributed by atoms with E-state index in [1.165, 1.54) is 4.90 Å². The molecule has 1 N–H and O–H groups in total. The summed E-state index contributed by atoms with van der Waals surface area (Å²) in [6.45, 7) is 1.93. The zero-order valence-electron chi connectivity index (χ0n) is 12.3. The van der Waals surface area contributed by atoms with Crippen molar-refractivity contribution in [2.45, 2.75) is 31.8 Å². The molecule has 1 aromatic carbocycles. The maximum Gasteiger partial charge on any atom is 0.251 e. The van der Waals surface area contributed by atoms with Crippen LogP contribution in [0.25, 0.3) is 0 Å². The quantitative estimate of drug-likeness (QED) is 0.815. The summed E-state index contributed by atoms with van der Waals surface area (Å²) in [7, 11) is -3.01. The predicted molar refractivity (Wildman–Crippen MR) is 82.3 cm³/mol. The number of sulfone groups is 1. The van der Waals surface area contributed by atoms with Crippen molar-refractivity contribution < 1.29 is 18.0 Å². The van der Waals surface area contributed by atoms with Gasteiger partial charge in [-0.1, -0.05) is 17.7 Å². The summed E-state index contributed by atoms with van der Waals surface area (Å²) in [5.41, 5.74) is 1.61. The molecule has 0 bridgehead atoms. The number of benzene rings is 1. The zero-order chi connectivity index (χ0) is 15.9. The van der Waals surface area contributed by atoms with Gasteiger partial charge in [0.05, 0.1) is 29.7 Å². The van der Waals surface area contributed by atoms with Crippen LogP contribution in [0.3, 0.4) is 0 Å². The highest BCUT2D eigenvalue weighted by molar-refractivity contribution is 7.91. The Kier molecular flexibility index (Phi) is 3.78. The summed E-state index contributed by atoms with van der Waals surface area (Å²) in [6.07, 6.45) is 0.564. The molecule has 0 aromatic heterocycles. The molecule has 6 nitrogen and oxygen atoms in total. The first kappa shape index (κ1) is 15.2. The van der Waals surface area contributed by atoms with Crippen molar-refractivity contribution in [3.8, 4) is 0 Å². The number of carbonyl (C=O) groups is 2. The molecule has 0 saturated carbocycles. The molecule has 0 unspecified atom stereocenters. The van der Waals surface area contributed by atoms with E-state index < -0.39 is 15.9 Å². The number of amides is 2. The van der Waals surface area contributed by atoms with Crippen molar-refractivity contribution >= 4 is 27.3 Å². The average molecular weight is 322 g/mol. The first-order valence-electron chi connectivity index (χ1n) is 7.26. The molecule has 1 aromatic rings. The van der Waals surface area contributed by atoms with Crippen molar-refractivity contribution in [3.05, 3.63) is 29.8 Å². The number of hydrogen-bond donors (Lipinski definition) is 1. The van der Waals surface area contributed by atoms with Gasteiger partial charge in [-0.15, -0.1) is 0 Å². The maximum absolute atomic E-state index is 12.4. The third-order valence-corrected chi connectivity index (χ3v) is 5.88. The number of nitrogens with zero attached hydrogens (tertiary/aromatic N) is 1. The average Bonchev–Trinajstić information content (AvgIpc) is 2.92. The van der Waals surface area contributed by atoms with Gasteiger partial charge in [0.15, 0.2) is 9.84 Å². The van der Waals surface area contributed by atoms with Crippen LogP contribution in [0.2, 0.25) is 0 Å². The highest BCUT2D eigenvalue weighted by Crippen LogP contribution is 2.24. The normalized spacial score (nSPS) is 27.6. The van der Waals surface area contributed by atoms with Gasteiger partial charge in [0, 0.05) is 6.04 Å². The Morgan fingerprint density at radius 1 is 1.18 bits per heavy atom. The van der Waals surface area contributed by atoms with Gasteiger partial charge in [0.2, 0.25) is 5.91 Å². The van der Waals surface area contributed by atoms with Crippen LogP contribution in [0.15, 0.2) is 24.3 Å². The number of aryl methyl sites for hydroxylation is 1. The zero-order valence-corrected chi connectivity index (χ0v) is 13.1. The van der Waals surface area contributed by atoms with Crippen LogP contribution in [0.1, 0.15) is 18.4 Å². The van der Waals surface area contributed by atoms with Crippen LogP contribution in [-0.2, 0) is 19.4 Å². The van der Waals surface area contributed by atoms with E-state index in [-0.39, 0.29) is 35.8 Å². The van der Waals surface area contributed by atoms with Crippen LogP contribution in [0.4, 0.5) is 5.69 Å². The number of nitrogens with one attached hydrogen (secondary N) is 1. The van der Waals surface area contributed by atoms with Crippen LogP contribution in [0, 0.1) is 6.92 Å². The topological polar surface area (TPSA) is 83.6 Å². The van der Waals surface area contributed by atoms with Crippen molar-refractivity contribution in [3.63, 3.8) is 0 Å². The highest BCUT2D eigenvalue weighted by Gasteiger charge is 2.41. The first-order chi connectivity index (χ1) is 10.4. The lowest BCUT2D eigenvalue weighted by molar-refractivity contribution is -0.121. The second-order valence-corrected chi connectivity index (χ2v) is 8.15. The Morgan fingerprint density at radius 2 is 1.86 bits per heavy atom. The van der Waals surface area contributed by atoms with Gasteiger partial charge in [-0.3, -0.25) is 9.59 Å². The number of anilines is 1. The molecule has 7 heteroatoms. The molecule has 2 aliphatic rings. The second-order valence-electron chi connectivity index (χ2n) is 5.93. The Labute approximate surface area is 129 Å². The lowest BCUT2D eigenvalue weighted by atomic mass is 10.2. The predicted octanol–water partition coefficient (Wildman–Crippen LogP) is 0.404. The Bertz CT molecular complexity index is 712. The fourth-order valence-electron chi connectivity index (χ4n) is 2.94. The molecule has 2 fully saturated rings. The molecule has 2 aliphatic heterocycles. The van der Waals surface area contributed by atoms with E-state index in [1.807, 2.05) is 19.1 Å². The molecule has 0 radical (unpaired) electrons. The highest BCUT2D eigenvalue weighted by atomic mass is 32.2. The summed E-state index contributed by atoms with van der Waals surface area (Å²) < 4.78 is 23.0. The van der Waals surface area contributed by atoms with Crippen LogP contribution < -0.4 is 10.2 Å². The van der Waals surface area contributed by atoms with Gasteiger partial charge >= 0.3 is 0 Å². The van der Waals surface area contributed by atoms with Gasteiger partial charge in [-0.25, -0.2) is 13.3 Å².